The van der Waals surface area contributed by atoms with Crippen LogP contribution in [0.5, 0.6) is 28.7 Å². The maximum Gasteiger partial charge on any atom is 0.307 e. The number of aliphatic carboxylic acids is 2. The van der Waals surface area contributed by atoms with E-state index in [2.05, 4.69) is 16.4 Å². The first-order chi connectivity index (χ1) is 31.7. The van der Waals surface area contributed by atoms with Gasteiger partial charge in [-0.1, -0.05) is 67.9 Å². The van der Waals surface area contributed by atoms with E-state index in [4.69, 9.17) is 33.9 Å². The van der Waals surface area contributed by atoms with Crippen molar-refractivity contribution in [2.45, 2.75) is 48.8 Å². The minimum atomic E-state index is -3.76. The smallest absolute Gasteiger partial charge is 0.307 e. The number of ether oxygens (including phenoxy) is 5. The highest BCUT2D eigenvalue weighted by Gasteiger charge is 2.16. The second-order valence-corrected chi connectivity index (χ2v) is 17.8. The van der Waals surface area contributed by atoms with Gasteiger partial charge < -0.3 is 33.9 Å². The van der Waals surface area contributed by atoms with E-state index in [1.807, 2.05) is 12.1 Å². The van der Waals surface area contributed by atoms with Crippen molar-refractivity contribution in [2.75, 3.05) is 43.0 Å². The average Bonchev–Trinajstić information content (AvgIpc) is 3.30. The van der Waals surface area contributed by atoms with Crippen LogP contribution < -0.4 is 33.1 Å². The van der Waals surface area contributed by atoms with Crippen LogP contribution in [0, 0.1) is 0 Å². The first-order valence-electron chi connectivity index (χ1n) is 20.8. The largest absolute Gasteiger partial charge is 0.497 e. The van der Waals surface area contributed by atoms with Gasteiger partial charge in [-0.25, -0.2) is 16.8 Å². The van der Waals surface area contributed by atoms with Crippen LogP contribution in [-0.4, -0.2) is 72.5 Å². The van der Waals surface area contributed by atoms with Crippen molar-refractivity contribution in [3.63, 3.8) is 0 Å². The summed E-state index contributed by atoms with van der Waals surface area (Å²) in [4.78, 5) is 22.2. The number of nitrogens with one attached hydrogen (secondary N) is 2. The number of unbranched alkanes of at least 4 members (excludes halogenated alkanes) is 1. The number of rotatable bonds is 24. The summed E-state index contributed by atoms with van der Waals surface area (Å²) >= 11 is 0. The van der Waals surface area contributed by atoms with E-state index in [0.717, 1.165) is 24.8 Å². The fourth-order valence-electron chi connectivity index (χ4n) is 6.18. The highest BCUT2D eigenvalue weighted by molar-refractivity contribution is 7.93. The lowest BCUT2D eigenvalue weighted by Gasteiger charge is -2.12. The van der Waals surface area contributed by atoms with Crippen LogP contribution in [0.1, 0.15) is 36.5 Å². The van der Waals surface area contributed by atoms with E-state index in [1.165, 1.54) is 19.2 Å². The van der Waals surface area contributed by atoms with Gasteiger partial charge in [-0.15, -0.1) is 0 Å². The molecule has 0 saturated carbocycles. The normalized spacial score (nSPS) is 11.0. The van der Waals surface area contributed by atoms with Crippen LogP contribution in [-0.2, 0) is 48.9 Å². The second kappa shape index (κ2) is 24.7. The topological polar surface area (TPSA) is 213 Å². The predicted molar refractivity (Wildman–Crippen MR) is 250 cm³/mol. The van der Waals surface area contributed by atoms with E-state index in [9.17, 15) is 26.4 Å². The summed E-state index contributed by atoms with van der Waals surface area (Å²) < 4.78 is 83.1. The van der Waals surface area contributed by atoms with Crippen LogP contribution in [0.4, 0.5) is 11.4 Å². The van der Waals surface area contributed by atoms with Gasteiger partial charge in [0.25, 0.3) is 20.0 Å². The number of sulfonamides is 2. The van der Waals surface area contributed by atoms with E-state index in [1.54, 1.807) is 121 Å². The Hall–Kier alpha value is -7.24. The standard InChI is InChI=1S/C26H29NO6S.C23H23NO7S/c1-2-3-6-20-9-15-24(16-10-20)34(30,31)27-22-11-13-23(14-12-22)32-17-18-33-25-8-5-4-7-21(25)19-26(28)29;1-29-20-6-4-7-21(16-20)32(27,28)24-18-9-11-19(12-10-18)30-13-14-31-22-8-3-2-5-17(22)15-23(25)26/h4-5,7-16,27H,2-3,6,17-19H2,1H3,(H,28,29);2-12,16,24H,13-15H2,1H3,(H,25,26). The van der Waals surface area contributed by atoms with Crippen LogP contribution in [0.25, 0.3) is 0 Å². The van der Waals surface area contributed by atoms with Gasteiger partial charge in [0, 0.05) is 28.6 Å². The molecule has 0 saturated heterocycles. The van der Waals surface area contributed by atoms with Crippen molar-refractivity contribution >= 4 is 43.4 Å². The quantitative estimate of drug-likeness (QED) is 0.0420. The molecule has 0 aliphatic carbocycles. The molecule has 0 heterocycles. The number of hydrogen-bond acceptors (Lipinski definition) is 11. The third-order valence-corrected chi connectivity index (χ3v) is 12.2. The minimum Gasteiger partial charge on any atom is -0.497 e. The van der Waals surface area contributed by atoms with Crippen LogP contribution in [0.2, 0.25) is 0 Å². The fourth-order valence-corrected chi connectivity index (χ4v) is 8.33. The number of para-hydroxylation sites is 2. The van der Waals surface area contributed by atoms with Crippen molar-refractivity contribution < 1.29 is 60.3 Å². The van der Waals surface area contributed by atoms with Crippen molar-refractivity contribution in [3.05, 3.63) is 162 Å². The minimum absolute atomic E-state index is 0.0949. The highest BCUT2D eigenvalue weighted by Crippen LogP contribution is 2.24. The molecule has 4 N–H and O–H groups in total. The van der Waals surface area contributed by atoms with Crippen LogP contribution in [0.3, 0.4) is 0 Å². The van der Waals surface area contributed by atoms with Gasteiger partial charge in [-0.05, 0) is 103 Å². The Morgan fingerprint density at radius 1 is 0.515 bits per heavy atom. The lowest BCUT2D eigenvalue weighted by atomic mass is 10.1. The Morgan fingerprint density at radius 2 is 0.970 bits per heavy atom. The predicted octanol–water partition coefficient (Wildman–Crippen LogP) is 8.50. The summed E-state index contributed by atoms with van der Waals surface area (Å²) in [5.74, 6) is 0.704. The maximum absolute atomic E-state index is 12.7. The molecular formula is C49H52N2O13S2. The van der Waals surface area contributed by atoms with Crippen LogP contribution in [0.15, 0.2) is 155 Å². The summed E-state index contributed by atoms with van der Waals surface area (Å²) in [6, 6.07) is 40.1. The van der Waals surface area contributed by atoms with E-state index < -0.39 is 32.0 Å². The summed E-state index contributed by atoms with van der Waals surface area (Å²) in [5.41, 5.74) is 3.13. The molecule has 66 heavy (non-hydrogen) atoms. The van der Waals surface area contributed by atoms with Gasteiger partial charge in [0.15, 0.2) is 0 Å². The molecule has 0 radical (unpaired) electrons. The van der Waals surface area contributed by atoms with Crippen molar-refractivity contribution in [1.29, 1.82) is 0 Å². The van der Waals surface area contributed by atoms with Crippen molar-refractivity contribution in [2.24, 2.45) is 0 Å². The molecule has 0 aliphatic rings. The molecule has 0 spiro atoms. The lowest BCUT2D eigenvalue weighted by Crippen LogP contribution is -2.13. The first-order valence-corrected chi connectivity index (χ1v) is 23.8. The Kier molecular flexibility index (Phi) is 18.6. The van der Waals surface area contributed by atoms with Crippen molar-refractivity contribution in [1.82, 2.24) is 0 Å². The van der Waals surface area contributed by atoms with E-state index in [-0.39, 0.29) is 49.1 Å². The molecule has 0 aromatic heterocycles. The van der Waals surface area contributed by atoms with E-state index in [0.29, 0.717) is 51.2 Å². The molecule has 15 nitrogen and oxygen atoms in total. The number of benzene rings is 6. The van der Waals surface area contributed by atoms with Crippen LogP contribution >= 0.6 is 0 Å². The molecule has 6 aromatic carbocycles. The molecule has 0 atom stereocenters. The molecule has 0 aliphatic heterocycles. The number of carbonyl (C=O) groups is 2. The van der Waals surface area contributed by atoms with Gasteiger partial charge in [-0.2, -0.15) is 0 Å². The number of anilines is 2. The monoisotopic (exact) mass is 940 g/mol. The third-order valence-electron chi connectivity index (χ3n) is 9.47. The van der Waals surface area contributed by atoms with Gasteiger partial charge in [0.1, 0.15) is 55.2 Å². The third kappa shape index (κ3) is 16.1. The van der Waals surface area contributed by atoms with Gasteiger partial charge >= 0.3 is 11.9 Å². The van der Waals surface area contributed by atoms with Gasteiger partial charge in [-0.3, -0.25) is 19.0 Å². The van der Waals surface area contributed by atoms with Gasteiger partial charge in [0.2, 0.25) is 0 Å². The number of methoxy groups -OCH3 is 1. The first kappa shape index (κ1) is 49.8. The van der Waals surface area contributed by atoms with Gasteiger partial charge in [0.05, 0.1) is 29.7 Å². The zero-order chi connectivity index (χ0) is 47.4. The molecule has 348 valence electrons. The number of carboxylic acids is 2. The molecule has 6 rings (SSSR count). The van der Waals surface area contributed by atoms with Crippen molar-refractivity contribution in [3.8, 4) is 28.7 Å². The summed E-state index contributed by atoms with van der Waals surface area (Å²) in [6.07, 6.45) is 2.87. The SMILES string of the molecule is CCCCc1ccc(S(=O)(=O)Nc2ccc(OCCOc3ccccc3CC(=O)O)cc2)cc1.COc1cccc(S(=O)(=O)Nc2ccc(OCCOc3ccccc3CC(=O)O)cc2)c1. The number of aryl methyl sites for hydroxylation is 1. The zero-order valence-electron chi connectivity index (χ0n) is 36.4. The molecule has 0 fully saturated rings. The highest BCUT2D eigenvalue weighted by atomic mass is 32.2. The molecular weight excluding hydrogens is 889 g/mol. The summed E-state index contributed by atoms with van der Waals surface area (Å²) in [7, 11) is -5.97. The Morgan fingerprint density at radius 3 is 1.42 bits per heavy atom. The van der Waals surface area contributed by atoms with E-state index >= 15 is 0 Å². The molecule has 6 aromatic rings. The molecule has 0 unspecified atom stereocenters. The molecule has 17 heteroatoms. The zero-order valence-corrected chi connectivity index (χ0v) is 38.1. The average molecular weight is 941 g/mol. The number of hydrogen-bond donors (Lipinski definition) is 4. The Labute approximate surface area is 385 Å². The number of carboxylic acid groups (broad SMARTS) is 2. The second-order valence-electron chi connectivity index (χ2n) is 14.4. The summed E-state index contributed by atoms with van der Waals surface area (Å²) in [6.45, 7) is 3.06. The Balaban J connectivity index is 0.000000248. The Bertz CT molecular complexity index is 2710. The maximum atomic E-state index is 12.7. The summed E-state index contributed by atoms with van der Waals surface area (Å²) in [5, 5.41) is 17.9. The molecule has 0 amide bonds. The lowest BCUT2D eigenvalue weighted by molar-refractivity contribution is -0.137. The fraction of sp³-hybridized carbons (Fsp3) is 0.224. The molecule has 0 bridgehead atoms.